The van der Waals surface area contributed by atoms with Crippen molar-refractivity contribution in [2.24, 2.45) is 5.92 Å². The van der Waals surface area contributed by atoms with Crippen molar-refractivity contribution in [3.63, 3.8) is 0 Å². The number of carboxylic acids is 1. The third-order valence-corrected chi connectivity index (χ3v) is 7.01. The van der Waals surface area contributed by atoms with E-state index in [1.807, 2.05) is 60.7 Å². The molecule has 1 aliphatic heterocycles. The van der Waals surface area contributed by atoms with Crippen LogP contribution < -0.4 is 4.74 Å². The molecule has 0 aliphatic carbocycles. The molecule has 0 spiro atoms. The molecule has 1 saturated heterocycles. The van der Waals surface area contributed by atoms with Gasteiger partial charge in [-0.25, -0.2) is 9.59 Å². The fraction of sp³-hybridized carbons (Fsp3) is 0.355. The van der Waals surface area contributed by atoms with Gasteiger partial charge in [-0.1, -0.05) is 60.7 Å². The highest BCUT2D eigenvalue weighted by atomic mass is 19.4. The Kier molecular flexibility index (Phi) is 11.3. The molecule has 220 valence electrons. The van der Waals surface area contributed by atoms with Crippen molar-refractivity contribution in [2.75, 3.05) is 33.4 Å². The zero-order valence-corrected chi connectivity index (χ0v) is 22.7. The number of carbonyl (C=O) groups excluding carboxylic acids is 1. The lowest BCUT2D eigenvalue weighted by Gasteiger charge is -2.42. The fourth-order valence-electron chi connectivity index (χ4n) is 4.88. The van der Waals surface area contributed by atoms with E-state index in [0.29, 0.717) is 12.2 Å². The Morgan fingerprint density at radius 2 is 1.37 bits per heavy atom. The lowest BCUT2D eigenvalue weighted by molar-refractivity contribution is -0.192. The predicted octanol–water partition coefficient (Wildman–Crippen LogP) is 5.52. The van der Waals surface area contributed by atoms with E-state index in [1.54, 1.807) is 24.3 Å². The quantitative estimate of drug-likeness (QED) is 0.257. The van der Waals surface area contributed by atoms with Crippen LogP contribution in [0.3, 0.4) is 0 Å². The highest BCUT2D eigenvalue weighted by Crippen LogP contribution is 2.41. The van der Waals surface area contributed by atoms with E-state index < -0.39 is 17.7 Å². The summed E-state index contributed by atoms with van der Waals surface area (Å²) in [6.07, 6.45) is -2.28. The van der Waals surface area contributed by atoms with Crippen LogP contribution in [0.25, 0.3) is 0 Å². The average molecular weight is 574 g/mol. The maximum absolute atomic E-state index is 12.0. The highest BCUT2D eigenvalue weighted by molar-refractivity contribution is 5.89. The zero-order chi connectivity index (χ0) is 29.9. The van der Waals surface area contributed by atoms with Gasteiger partial charge in [-0.15, -0.1) is 0 Å². The minimum Gasteiger partial charge on any atom is -0.494 e. The van der Waals surface area contributed by atoms with E-state index in [9.17, 15) is 23.1 Å². The first kappa shape index (κ1) is 31.6. The number of esters is 1. The molecule has 1 fully saturated rings. The van der Waals surface area contributed by atoms with Crippen LogP contribution in [0.5, 0.6) is 5.75 Å². The molecule has 3 aromatic carbocycles. The predicted molar refractivity (Wildman–Crippen MR) is 147 cm³/mol. The molecule has 0 atom stereocenters. The van der Waals surface area contributed by atoms with Gasteiger partial charge in [-0.3, -0.25) is 0 Å². The molecule has 41 heavy (non-hydrogen) atoms. The molecule has 7 nitrogen and oxygen atoms in total. The van der Waals surface area contributed by atoms with Gasteiger partial charge in [0.15, 0.2) is 0 Å². The number of hydrogen-bond acceptors (Lipinski definition) is 6. The van der Waals surface area contributed by atoms with Crippen molar-refractivity contribution < 1.29 is 42.4 Å². The monoisotopic (exact) mass is 573 g/mol. The molecule has 0 radical (unpaired) electrons. The van der Waals surface area contributed by atoms with Crippen molar-refractivity contribution in [2.45, 2.75) is 31.0 Å². The molecule has 3 aromatic rings. The third-order valence-electron chi connectivity index (χ3n) is 7.01. The Morgan fingerprint density at radius 1 is 0.878 bits per heavy atom. The molecule has 0 amide bonds. The van der Waals surface area contributed by atoms with Crippen molar-refractivity contribution in [3.05, 3.63) is 102 Å². The number of likely N-dealkylation sites (tertiary alicyclic amines) is 1. The molecule has 1 heterocycles. The third kappa shape index (κ3) is 8.80. The number of aliphatic hydroxyl groups is 1. The first-order chi connectivity index (χ1) is 19.6. The number of piperidine rings is 1. The molecule has 2 N–H and O–H groups in total. The topological polar surface area (TPSA) is 96.3 Å². The van der Waals surface area contributed by atoms with Gasteiger partial charge in [-0.2, -0.15) is 13.2 Å². The van der Waals surface area contributed by atoms with Gasteiger partial charge in [-0.05, 0) is 73.7 Å². The van der Waals surface area contributed by atoms with Crippen LogP contribution in [0.2, 0.25) is 0 Å². The normalized spacial score (nSPS) is 14.5. The Bertz CT molecular complexity index is 1190. The van der Waals surface area contributed by atoms with E-state index in [0.717, 1.165) is 55.8 Å². The summed E-state index contributed by atoms with van der Waals surface area (Å²) in [6, 6.07) is 27.2. The number of ether oxygens (including phenoxy) is 2. The summed E-state index contributed by atoms with van der Waals surface area (Å²) >= 11 is 0. The van der Waals surface area contributed by atoms with E-state index in [4.69, 9.17) is 19.4 Å². The first-order valence-electron chi connectivity index (χ1n) is 13.2. The number of carbonyl (C=O) groups is 2. The van der Waals surface area contributed by atoms with E-state index in [-0.39, 0.29) is 11.9 Å². The lowest BCUT2D eigenvalue weighted by atomic mass is 9.72. The van der Waals surface area contributed by atoms with E-state index in [2.05, 4.69) is 4.90 Å². The number of aliphatic carboxylic acids is 1. The minimum atomic E-state index is -5.08. The summed E-state index contributed by atoms with van der Waals surface area (Å²) in [5.41, 5.74) is 1.47. The largest absolute Gasteiger partial charge is 0.494 e. The molecule has 10 heteroatoms. The van der Waals surface area contributed by atoms with Crippen molar-refractivity contribution >= 4 is 11.9 Å². The molecule has 4 rings (SSSR count). The van der Waals surface area contributed by atoms with Crippen LogP contribution in [0.15, 0.2) is 84.9 Å². The van der Waals surface area contributed by atoms with Crippen LogP contribution in [0.1, 0.15) is 40.7 Å². The molecule has 0 aromatic heterocycles. The molecule has 1 aliphatic rings. The molecule has 0 unspecified atom stereocenters. The second kappa shape index (κ2) is 14.7. The number of methoxy groups -OCH3 is 1. The Labute approximate surface area is 237 Å². The van der Waals surface area contributed by atoms with Crippen LogP contribution in [-0.2, 0) is 15.1 Å². The zero-order valence-electron chi connectivity index (χ0n) is 22.7. The summed E-state index contributed by atoms with van der Waals surface area (Å²) in [7, 11) is 1.37. The van der Waals surface area contributed by atoms with E-state index >= 15 is 0 Å². The SMILES string of the molecule is COC(=O)c1ccc(OCCCN2CCC(C(O)(c3ccccc3)c3ccccc3)CC2)cc1.O=C(O)C(F)(F)F. The molecular formula is C31H34F3NO6. The Morgan fingerprint density at radius 3 is 1.80 bits per heavy atom. The summed E-state index contributed by atoms with van der Waals surface area (Å²) in [5, 5.41) is 19.1. The summed E-state index contributed by atoms with van der Waals surface area (Å²) in [5.74, 6) is -2.19. The number of alkyl halides is 3. The lowest BCUT2D eigenvalue weighted by Crippen LogP contribution is -2.44. The van der Waals surface area contributed by atoms with Gasteiger partial charge >= 0.3 is 18.1 Å². The first-order valence-corrected chi connectivity index (χ1v) is 13.2. The highest BCUT2D eigenvalue weighted by Gasteiger charge is 2.41. The van der Waals surface area contributed by atoms with Crippen LogP contribution in [0, 0.1) is 5.92 Å². The number of nitrogens with zero attached hydrogens (tertiary/aromatic N) is 1. The summed E-state index contributed by atoms with van der Waals surface area (Å²) < 4.78 is 42.3. The van der Waals surface area contributed by atoms with Crippen molar-refractivity contribution in [1.29, 1.82) is 0 Å². The smallest absolute Gasteiger partial charge is 0.490 e. The van der Waals surface area contributed by atoms with Gasteiger partial charge < -0.3 is 24.6 Å². The second-order valence-corrected chi connectivity index (χ2v) is 9.64. The van der Waals surface area contributed by atoms with Gasteiger partial charge in [0.05, 0.1) is 19.3 Å². The average Bonchev–Trinajstić information content (AvgIpc) is 3.00. The Hall–Kier alpha value is -3.89. The molecular weight excluding hydrogens is 539 g/mol. The standard InChI is InChI=1S/C29H33NO4.C2HF3O2/c1-33-28(31)23-13-15-27(16-14-23)34-22-8-19-30-20-17-26(18-21-30)29(32,24-9-4-2-5-10-24)25-11-6-3-7-12-25;3-2(4,5)1(6)7/h2-7,9-16,26,32H,8,17-22H2,1H3;(H,6,7). The van der Waals surface area contributed by atoms with Crippen LogP contribution in [0.4, 0.5) is 13.2 Å². The van der Waals surface area contributed by atoms with Gasteiger partial charge in [0, 0.05) is 6.54 Å². The second-order valence-electron chi connectivity index (χ2n) is 9.64. The number of benzene rings is 3. The minimum absolute atomic E-state index is 0.165. The maximum atomic E-state index is 12.0. The summed E-state index contributed by atoms with van der Waals surface area (Å²) in [6.45, 7) is 3.50. The number of halogens is 3. The van der Waals surface area contributed by atoms with E-state index in [1.165, 1.54) is 7.11 Å². The Balaban J connectivity index is 0.000000587. The van der Waals surface area contributed by atoms with Crippen molar-refractivity contribution in [3.8, 4) is 5.75 Å². The number of hydrogen-bond donors (Lipinski definition) is 2. The molecule has 0 bridgehead atoms. The molecule has 0 saturated carbocycles. The van der Waals surface area contributed by atoms with Gasteiger partial charge in [0.1, 0.15) is 11.4 Å². The fourth-order valence-corrected chi connectivity index (χ4v) is 4.88. The van der Waals surface area contributed by atoms with Gasteiger partial charge in [0.2, 0.25) is 0 Å². The maximum Gasteiger partial charge on any atom is 0.490 e. The van der Waals surface area contributed by atoms with Gasteiger partial charge in [0.25, 0.3) is 0 Å². The van der Waals surface area contributed by atoms with Crippen LogP contribution >= 0.6 is 0 Å². The number of rotatable bonds is 9. The van der Waals surface area contributed by atoms with Crippen molar-refractivity contribution in [1.82, 2.24) is 4.90 Å². The summed E-state index contributed by atoms with van der Waals surface area (Å²) in [4.78, 5) is 22.9. The van der Waals surface area contributed by atoms with Crippen LogP contribution in [-0.4, -0.2) is 66.6 Å². The number of carboxylic acid groups (broad SMARTS) is 1.